The lowest BCUT2D eigenvalue weighted by molar-refractivity contribution is 0.501. The number of aryl methyl sites for hydroxylation is 1. The third-order valence-electron chi connectivity index (χ3n) is 5.92. The van der Waals surface area contributed by atoms with Crippen LogP contribution < -0.4 is 0 Å². The highest BCUT2D eigenvalue weighted by molar-refractivity contribution is 5.74. The molecule has 0 amide bonds. The average molecular weight is 369 g/mol. The van der Waals surface area contributed by atoms with Crippen LogP contribution in [0.1, 0.15) is 44.2 Å². The van der Waals surface area contributed by atoms with Crippen molar-refractivity contribution in [2.75, 3.05) is 0 Å². The van der Waals surface area contributed by atoms with Gasteiger partial charge in [-0.2, -0.15) is 0 Å². The maximum atomic E-state index is 4.46. The van der Waals surface area contributed by atoms with Gasteiger partial charge in [0, 0.05) is 5.92 Å². The van der Waals surface area contributed by atoms with Crippen molar-refractivity contribution < 1.29 is 0 Å². The summed E-state index contributed by atoms with van der Waals surface area (Å²) in [6.45, 7) is 23.5. The van der Waals surface area contributed by atoms with Crippen molar-refractivity contribution in [1.82, 2.24) is 0 Å². The first-order valence-electron chi connectivity index (χ1n) is 10.1. The maximum absolute atomic E-state index is 4.46. The third-order valence-corrected chi connectivity index (χ3v) is 5.92. The number of allylic oxidation sites excluding steroid dienone is 10. The highest BCUT2D eigenvalue weighted by Crippen LogP contribution is 2.47. The molecule has 2 aliphatic carbocycles. The predicted octanol–water partition coefficient (Wildman–Crippen LogP) is 7.93. The Morgan fingerprint density at radius 3 is 2.36 bits per heavy atom. The minimum absolute atomic E-state index is 0.284. The summed E-state index contributed by atoms with van der Waals surface area (Å²) in [5.74, 6) is 0.634. The molecule has 2 aliphatic rings. The summed E-state index contributed by atoms with van der Waals surface area (Å²) in [6.07, 6.45) is 9.68. The van der Waals surface area contributed by atoms with Crippen molar-refractivity contribution in [3.05, 3.63) is 113 Å². The van der Waals surface area contributed by atoms with Crippen LogP contribution in [0.5, 0.6) is 0 Å². The first-order chi connectivity index (χ1) is 13.3. The second-order valence-electron chi connectivity index (χ2n) is 8.60. The molecular weight excluding hydrogens is 336 g/mol. The van der Waals surface area contributed by atoms with Crippen molar-refractivity contribution >= 4 is 5.57 Å². The second kappa shape index (κ2) is 8.19. The fraction of sp³-hybridized carbons (Fsp3) is 0.286. The molecule has 0 aromatic heterocycles. The van der Waals surface area contributed by atoms with Crippen LogP contribution in [0, 0.1) is 18.8 Å². The molecule has 0 radical (unpaired) electrons. The lowest BCUT2D eigenvalue weighted by atomic mass is 9.78. The molecule has 0 heteroatoms. The summed E-state index contributed by atoms with van der Waals surface area (Å²) in [5, 5.41) is 0. The molecule has 0 saturated heterocycles. The zero-order chi connectivity index (χ0) is 20.4. The van der Waals surface area contributed by atoms with Crippen LogP contribution in [0.4, 0.5) is 0 Å². The van der Waals surface area contributed by atoms with Crippen LogP contribution in [-0.2, 0) is 0 Å². The van der Waals surface area contributed by atoms with Gasteiger partial charge in [0.15, 0.2) is 0 Å². The monoisotopic (exact) mass is 368 g/mol. The quantitative estimate of drug-likeness (QED) is 0.447. The van der Waals surface area contributed by atoms with Gasteiger partial charge in [0.05, 0.1) is 0 Å². The Morgan fingerprint density at radius 1 is 1.07 bits per heavy atom. The summed E-state index contributed by atoms with van der Waals surface area (Å²) in [4.78, 5) is 0. The van der Waals surface area contributed by atoms with Gasteiger partial charge >= 0.3 is 0 Å². The van der Waals surface area contributed by atoms with E-state index in [4.69, 9.17) is 0 Å². The minimum Gasteiger partial charge on any atom is -0.100 e. The van der Waals surface area contributed by atoms with Crippen LogP contribution in [0.2, 0.25) is 0 Å². The molecule has 1 saturated carbocycles. The van der Waals surface area contributed by atoms with E-state index in [9.17, 15) is 0 Å². The lowest BCUT2D eigenvalue weighted by Gasteiger charge is -2.26. The van der Waals surface area contributed by atoms with E-state index in [1.54, 1.807) is 0 Å². The summed E-state index contributed by atoms with van der Waals surface area (Å²) >= 11 is 0. The van der Waals surface area contributed by atoms with Crippen LogP contribution in [-0.4, -0.2) is 0 Å². The molecule has 0 bridgehead atoms. The SMILES string of the molecule is C=C(C)CC(C(=C)C)C1C(=C)C/C(=C\C2=CC=C(c3ccc(C)cc3)C2)C1=C. The summed E-state index contributed by atoms with van der Waals surface area (Å²) in [6, 6.07) is 8.79. The zero-order valence-corrected chi connectivity index (χ0v) is 17.6. The van der Waals surface area contributed by atoms with Crippen molar-refractivity contribution in [2.45, 2.75) is 40.0 Å². The maximum Gasteiger partial charge on any atom is 0.0114 e. The Morgan fingerprint density at radius 2 is 1.75 bits per heavy atom. The van der Waals surface area contributed by atoms with Crippen LogP contribution in [0.3, 0.4) is 0 Å². The van der Waals surface area contributed by atoms with Crippen LogP contribution >= 0.6 is 0 Å². The average Bonchev–Trinajstić information content (AvgIpc) is 3.19. The zero-order valence-electron chi connectivity index (χ0n) is 17.6. The van der Waals surface area contributed by atoms with Crippen molar-refractivity contribution in [3.8, 4) is 0 Å². The molecule has 0 heterocycles. The topological polar surface area (TPSA) is 0 Å². The van der Waals surface area contributed by atoms with Gasteiger partial charge in [-0.1, -0.05) is 84.5 Å². The van der Waals surface area contributed by atoms with Gasteiger partial charge in [-0.05, 0) is 73.8 Å². The standard InChI is InChI=1S/C28H32/c1-18(2)14-27(19(3)4)28-21(6)15-26(22(28)7)17-23-10-13-25(16-23)24-11-8-20(5)9-12-24/h8-13,17,27-28H,1,3,6-7,14-16H2,2,4-5H3/b26-17+. The van der Waals surface area contributed by atoms with Gasteiger partial charge in [-0.15, -0.1) is 6.58 Å². The van der Waals surface area contributed by atoms with E-state index < -0.39 is 0 Å². The van der Waals surface area contributed by atoms with Gasteiger partial charge in [0.25, 0.3) is 0 Å². The van der Waals surface area contributed by atoms with E-state index in [1.165, 1.54) is 50.1 Å². The number of hydrogen-bond donors (Lipinski definition) is 0. The Bertz CT molecular complexity index is 925. The number of rotatable bonds is 6. The van der Waals surface area contributed by atoms with E-state index in [0.29, 0.717) is 5.92 Å². The van der Waals surface area contributed by atoms with Crippen molar-refractivity contribution in [2.24, 2.45) is 11.8 Å². The van der Waals surface area contributed by atoms with E-state index in [1.807, 2.05) is 0 Å². The van der Waals surface area contributed by atoms with E-state index in [-0.39, 0.29) is 5.92 Å². The molecule has 2 unspecified atom stereocenters. The normalized spacial score (nSPS) is 21.7. The molecule has 1 fully saturated rings. The van der Waals surface area contributed by atoms with Gasteiger partial charge in [0.1, 0.15) is 0 Å². The molecular formula is C28H32. The molecule has 0 nitrogen and oxygen atoms in total. The Balaban J connectivity index is 1.75. The predicted molar refractivity (Wildman–Crippen MR) is 124 cm³/mol. The van der Waals surface area contributed by atoms with Crippen molar-refractivity contribution in [1.29, 1.82) is 0 Å². The molecule has 0 aliphatic heterocycles. The van der Waals surface area contributed by atoms with E-state index in [2.05, 4.69) is 89.6 Å². The molecule has 28 heavy (non-hydrogen) atoms. The Hall–Kier alpha value is -2.60. The molecule has 3 rings (SSSR count). The van der Waals surface area contributed by atoms with Crippen molar-refractivity contribution in [3.63, 3.8) is 0 Å². The van der Waals surface area contributed by atoms with E-state index >= 15 is 0 Å². The van der Waals surface area contributed by atoms with Gasteiger partial charge < -0.3 is 0 Å². The highest BCUT2D eigenvalue weighted by Gasteiger charge is 2.34. The summed E-state index contributed by atoms with van der Waals surface area (Å²) in [7, 11) is 0. The highest BCUT2D eigenvalue weighted by atomic mass is 14.4. The molecule has 144 valence electrons. The second-order valence-corrected chi connectivity index (χ2v) is 8.60. The first-order valence-corrected chi connectivity index (χ1v) is 10.1. The van der Waals surface area contributed by atoms with E-state index in [0.717, 1.165) is 19.3 Å². The van der Waals surface area contributed by atoms with Gasteiger partial charge in [0.2, 0.25) is 0 Å². The summed E-state index contributed by atoms with van der Waals surface area (Å²) < 4.78 is 0. The number of benzene rings is 1. The molecule has 1 aromatic carbocycles. The summed E-state index contributed by atoms with van der Waals surface area (Å²) in [5.41, 5.74) is 11.5. The van der Waals surface area contributed by atoms with Gasteiger partial charge in [-0.3, -0.25) is 0 Å². The molecule has 0 N–H and O–H groups in total. The fourth-order valence-corrected chi connectivity index (χ4v) is 4.37. The molecule has 1 aromatic rings. The number of hydrogen-bond acceptors (Lipinski definition) is 0. The smallest absolute Gasteiger partial charge is 0.0114 e. The first kappa shape index (κ1) is 20.1. The molecule has 0 spiro atoms. The van der Waals surface area contributed by atoms with Crippen LogP contribution in [0.25, 0.3) is 5.57 Å². The minimum atomic E-state index is 0.284. The lowest BCUT2D eigenvalue weighted by Crippen LogP contribution is -2.16. The fourth-order valence-electron chi connectivity index (χ4n) is 4.37. The third kappa shape index (κ3) is 4.28. The Labute approximate surface area is 171 Å². The molecule has 2 atom stereocenters. The van der Waals surface area contributed by atoms with Crippen LogP contribution in [0.15, 0.2) is 102 Å². The van der Waals surface area contributed by atoms with Gasteiger partial charge in [-0.25, -0.2) is 0 Å². The largest absolute Gasteiger partial charge is 0.100 e. The Kier molecular flexibility index (Phi) is 5.89.